The summed E-state index contributed by atoms with van der Waals surface area (Å²) >= 11 is 6.22. The molecule has 3 rings (SSSR count). The number of carbonyl (C=O) groups is 2. The summed E-state index contributed by atoms with van der Waals surface area (Å²) < 4.78 is 13.7. The van der Waals surface area contributed by atoms with E-state index in [4.69, 9.17) is 11.6 Å². The molecule has 28 heavy (non-hydrogen) atoms. The number of nitrogens with one attached hydrogen (secondary N) is 2. The highest BCUT2D eigenvalue weighted by molar-refractivity contribution is 6.34. The number of para-hydroxylation sites is 1. The lowest BCUT2D eigenvalue weighted by Gasteiger charge is -2.12. The second-order valence-corrected chi connectivity index (χ2v) is 6.70. The number of carbonyl (C=O) groups excluding carboxylic acids is 2. The van der Waals surface area contributed by atoms with E-state index in [2.05, 4.69) is 15.6 Å². The Hall–Kier alpha value is -3.25. The molecule has 0 spiro atoms. The van der Waals surface area contributed by atoms with Gasteiger partial charge in [-0.25, -0.2) is 4.39 Å². The normalized spacial score (nSPS) is 10.4. The van der Waals surface area contributed by atoms with Gasteiger partial charge in [0, 0.05) is 12.4 Å². The van der Waals surface area contributed by atoms with Crippen molar-refractivity contribution in [3.05, 3.63) is 88.0 Å². The van der Waals surface area contributed by atoms with Gasteiger partial charge in [-0.3, -0.25) is 14.6 Å². The predicted octanol–water partition coefficient (Wildman–Crippen LogP) is 5.00. The fourth-order valence-electron chi connectivity index (χ4n) is 2.71. The van der Waals surface area contributed by atoms with Crippen LogP contribution in [0.2, 0.25) is 5.02 Å². The SMILES string of the molecule is Cc1cc(C)c(NC(=O)c2cncc(C(=O)Nc3ccccc3F)c2)c(Cl)c1. The molecule has 1 heterocycles. The number of pyridine rings is 1. The fourth-order valence-corrected chi connectivity index (χ4v) is 3.07. The molecule has 0 radical (unpaired) electrons. The molecule has 0 fully saturated rings. The third kappa shape index (κ3) is 4.35. The van der Waals surface area contributed by atoms with Crippen LogP contribution in [0.3, 0.4) is 0 Å². The van der Waals surface area contributed by atoms with Crippen molar-refractivity contribution >= 4 is 34.8 Å². The lowest BCUT2D eigenvalue weighted by atomic mass is 10.1. The Balaban J connectivity index is 1.80. The molecule has 0 saturated heterocycles. The van der Waals surface area contributed by atoms with Crippen LogP contribution in [0.5, 0.6) is 0 Å². The maximum Gasteiger partial charge on any atom is 0.257 e. The number of aromatic nitrogens is 1. The summed E-state index contributed by atoms with van der Waals surface area (Å²) in [6.07, 6.45) is 2.64. The predicted molar refractivity (Wildman–Crippen MR) is 107 cm³/mol. The Morgan fingerprint density at radius 3 is 2.25 bits per heavy atom. The van der Waals surface area contributed by atoms with Crippen LogP contribution in [0.1, 0.15) is 31.8 Å². The Labute approximate surface area is 166 Å². The van der Waals surface area contributed by atoms with Gasteiger partial charge in [-0.05, 0) is 49.2 Å². The first-order chi connectivity index (χ1) is 13.3. The van der Waals surface area contributed by atoms with E-state index in [9.17, 15) is 14.0 Å². The Morgan fingerprint density at radius 1 is 0.964 bits per heavy atom. The smallest absolute Gasteiger partial charge is 0.257 e. The molecule has 0 aliphatic carbocycles. The van der Waals surface area contributed by atoms with Crippen LogP contribution in [-0.2, 0) is 0 Å². The molecule has 7 heteroatoms. The second kappa shape index (κ2) is 8.19. The van der Waals surface area contributed by atoms with Gasteiger partial charge in [0.05, 0.1) is 27.5 Å². The van der Waals surface area contributed by atoms with Gasteiger partial charge in [-0.2, -0.15) is 0 Å². The second-order valence-electron chi connectivity index (χ2n) is 6.29. The molecule has 0 aliphatic rings. The first-order valence-electron chi connectivity index (χ1n) is 8.44. The van der Waals surface area contributed by atoms with Crippen LogP contribution in [0.25, 0.3) is 0 Å². The van der Waals surface area contributed by atoms with Crippen LogP contribution in [-0.4, -0.2) is 16.8 Å². The molecular formula is C21H17ClFN3O2. The third-order valence-electron chi connectivity index (χ3n) is 4.05. The lowest BCUT2D eigenvalue weighted by molar-refractivity contribution is 0.102. The summed E-state index contributed by atoms with van der Waals surface area (Å²) in [4.78, 5) is 28.9. The van der Waals surface area contributed by atoms with Crippen molar-refractivity contribution < 1.29 is 14.0 Å². The highest BCUT2D eigenvalue weighted by Gasteiger charge is 2.15. The summed E-state index contributed by atoms with van der Waals surface area (Å²) in [5.74, 6) is -1.58. The van der Waals surface area contributed by atoms with Crippen molar-refractivity contribution in [2.24, 2.45) is 0 Å². The van der Waals surface area contributed by atoms with Gasteiger partial charge in [0.15, 0.2) is 0 Å². The van der Waals surface area contributed by atoms with Crippen LogP contribution in [0.4, 0.5) is 15.8 Å². The maximum absolute atomic E-state index is 13.7. The largest absolute Gasteiger partial charge is 0.320 e. The van der Waals surface area contributed by atoms with E-state index in [-0.39, 0.29) is 16.8 Å². The number of aryl methyl sites for hydroxylation is 2. The molecule has 2 amide bonds. The summed E-state index contributed by atoms with van der Waals surface area (Å²) in [5, 5.41) is 5.63. The van der Waals surface area contributed by atoms with Crippen molar-refractivity contribution in [2.75, 3.05) is 10.6 Å². The number of anilines is 2. The Kier molecular flexibility index (Phi) is 5.70. The lowest BCUT2D eigenvalue weighted by Crippen LogP contribution is -2.17. The minimum atomic E-state index is -0.572. The molecule has 142 valence electrons. The zero-order valence-corrected chi connectivity index (χ0v) is 16.0. The van der Waals surface area contributed by atoms with Crippen LogP contribution < -0.4 is 10.6 Å². The third-order valence-corrected chi connectivity index (χ3v) is 4.35. The molecule has 0 unspecified atom stereocenters. The van der Waals surface area contributed by atoms with Gasteiger partial charge >= 0.3 is 0 Å². The standard InChI is InChI=1S/C21H17ClFN3O2/c1-12-7-13(2)19(16(22)8-12)26-21(28)15-9-14(10-24-11-15)20(27)25-18-6-4-3-5-17(18)23/h3-11H,1-2H3,(H,25,27)(H,26,28). The quantitative estimate of drug-likeness (QED) is 0.651. The molecular weight excluding hydrogens is 381 g/mol. The van der Waals surface area contributed by atoms with Gasteiger partial charge < -0.3 is 10.6 Å². The number of amides is 2. The monoisotopic (exact) mass is 397 g/mol. The highest BCUT2D eigenvalue weighted by Crippen LogP contribution is 2.27. The summed E-state index contributed by atoms with van der Waals surface area (Å²) in [5.41, 5.74) is 2.65. The number of rotatable bonds is 4. The van der Waals surface area contributed by atoms with Gasteiger partial charge in [-0.1, -0.05) is 29.8 Å². The number of halogens is 2. The van der Waals surface area contributed by atoms with Gasteiger partial charge in [0.1, 0.15) is 5.82 Å². The van der Waals surface area contributed by atoms with Gasteiger partial charge in [0.25, 0.3) is 11.8 Å². The van der Waals surface area contributed by atoms with E-state index >= 15 is 0 Å². The van der Waals surface area contributed by atoms with Crippen molar-refractivity contribution in [3.63, 3.8) is 0 Å². The van der Waals surface area contributed by atoms with Crippen molar-refractivity contribution in [2.45, 2.75) is 13.8 Å². The molecule has 5 nitrogen and oxygen atoms in total. The highest BCUT2D eigenvalue weighted by atomic mass is 35.5. The van der Waals surface area contributed by atoms with Gasteiger partial charge in [0.2, 0.25) is 0 Å². The van der Waals surface area contributed by atoms with E-state index in [0.717, 1.165) is 11.1 Å². The molecule has 0 saturated carbocycles. The average Bonchev–Trinajstić information content (AvgIpc) is 2.66. The van der Waals surface area contributed by atoms with Crippen molar-refractivity contribution in [1.29, 1.82) is 0 Å². The molecule has 2 aromatic carbocycles. The molecule has 2 N–H and O–H groups in total. The topological polar surface area (TPSA) is 71.1 Å². The maximum atomic E-state index is 13.7. The van der Waals surface area contributed by atoms with E-state index < -0.39 is 17.6 Å². The molecule has 1 aromatic heterocycles. The molecule has 0 aliphatic heterocycles. The molecule has 3 aromatic rings. The minimum absolute atomic E-state index is 0.0458. The minimum Gasteiger partial charge on any atom is -0.320 e. The van der Waals surface area contributed by atoms with Crippen LogP contribution in [0.15, 0.2) is 54.9 Å². The number of hydrogen-bond acceptors (Lipinski definition) is 3. The Morgan fingerprint density at radius 2 is 1.61 bits per heavy atom. The van der Waals surface area contributed by atoms with Crippen LogP contribution in [0, 0.1) is 19.7 Å². The first-order valence-corrected chi connectivity index (χ1v) is 8.82. The van der Waals surface area contributed by atoms with Crippen LogP contribution >= 0.6 is 11.6 Å². The summed E-state index contributed by atoms with van der Waals surface area (Å²) in [6.45, 7) is 3.75. The van der Waals surface area contributed by atoms with E-state index in [1.165, 1.54) is 36.7 Å². The van der Waals surface area contributed by atoms with Gasteiger partial charge in [-0.15, -0.1) is 0 Å². The van der Waals surface area contributed by atoms with E-state index in [1.807, 2.05) is 19.9 Å². The van der Waals surface area contributed by atoms with Crippen molar-refractivity contribution in [1.82, 2.24) is 4.98 Å². The zero-order chi connectivity index (χ0) is 20.3. The number of nitrogens with zero attached hydrogens (tertiary/aromatic N) is 1. The summed E-state index contributed by atoms with van der Waals surface area (Å²) in [7, 11) is 0. The molecule has 0 atom stereocenters. The summed E-state index contributed by atoms with van der Waals surface area (Å²) in [6, 6.07) is 10.9. The average molecular weight is 398 g/mol. The fraction of sp³-hybridized carbons (Fsp3) is 0.0952. The first kappa shape index (κ1) is 19.5. The zero-order valence-electron chi connectivity index (χ0n) is 15.2. The number of benzene rings is 2. The molecule has 0 bridgehead atoms. The van der Waals surface area contributed by atoms with E-state index in [0.29, 0.717) is 10.7 Å². The Bertz CT molecular complexity index is 1050. The van der Waals surface area contributed by atoms with E-state index in [1.54, 1.807) is 12.1 Å². The van der Waals surface area contributed by atoms with Crippen molar-refractivity contribution in [3.8, 4) is 0 Å². The number of hydrogen-bond donors (Lipinski definition) is 2.